The second kappa shape index (κ2) is 17.3. The van der Waals surface area contributed by atoms with Crippen LogP contribution in [-0.2, 0) is 16.2 Å². The molecule has 1 nitrogen and oxygen atoms in total. The van der Waals surface area contributed by atoms with Gasteiger partial charge in [-0.1, -0.05) is 285 Å². The number of anilines is 3. The molecule has 0 radical (unpaired) electrons. The first-order chi connectivity index (χ1) is 37.7. The summed E-state index contributed by atoms with van der Waals surface area (Å²) in [4.78, 5) is 2.62. The highest BCUT2D eigenvalue weighted by Gasteiger charge is 2.51. The van der Waals surface area contributed by atoms with Crippen LogP contribution in [0, 0.1) is 0 Å². The summed E-state index contributed by atoms with van der Waals surface area (Å²) in [5.41, 5.74) is 24.2. The molecule has 3 aliphatic rings. The van der Waals surface area contributed by atoms with Crippen LogP contribution in [0.3, 0.4) is 0 Å². The van der Waals surface area contributed by atoms with Gasteiger partial charge >= 0.3 is 0 Å². The standard InChI is InChI=1S/C75H51N/c1-7-27-52(28-8-1)73(53-29-9-2-10-30-53)63-42-22-19-39-59(63)62-51-58(49-50-66(62)73)76(69-47-25-45-67-71(69)60-40-20-23-43-64(60)74(67,54-31-11-3-12-32-54)55-33-13-4-14-34-55)70-48-26-46-68-72(70)61-41-21-24-44-65(61)75(68,56-35-15-5-16-36-56)57-37-17-6-18-38-57/h1-51H. The Hall–Kier alpha value is -9.56. The molecule has 0 atom stereocenters. The Kier molecular flexibility index (Phi) is 9.99. The zero-order valence-corrected chi connectivity index (χ0v) is 41.9. The van der Waals surface area contributed by atoms with E-state index in [0.717, 1.165) is 17.1 Å². The molecule has 76 heavy (non-hydrogen) atoms. The fourth-order valence-corrected chi connectivity index (χ4v) is 14.3. The molecule has 0 amide bonds. The molecule has 12 aromatic rings. The summed E-state index contributed by atoms with van der Waals surface area (Å²) < 4.78 is 0. The maximum Gasteiger partial charge on any atom is 0.0714 e. The lowest BCUT2D eigenvalue weighted by Gasteiger charge is -2.36. The maximum atomic E-state index is 2.62. The third-order valence-electron chi connectivity index (χ3n) is 17.1. The van der Waals surface area contributed by atoms with E-state index < -0.39 is 16.2 Å². The second-order valence-corrected chi connectivity index (χ2v) is 20.5. The normalized spacial score (nSPS) is 14.4. The van der Waals surface area contributed by atoms with Gasteiger partial charge in [-0.15, -0.1) is 0 Å². The van der Waals surface area contributed by atoms with Crippen molar-refractivity contribution in [3.05, 3.63) is 376 Å². The Balaban J connectivity index is 1.07. The van der Waals surface area contributed by atoms with Crippen molar-refractivity contribution >= 4 is 17.1 Å². The number of fused-ring (bicyclic) bond motifs is 9. The third-order valence-corrected chi connectivity index (χ3v) is 17.1. The molecule has 0 saturated heterocycles. The van der Waals surface area contributed by atoms with E-state index in [0.29, 0.717) is 0 Å². The Morgan fingerprint density at radius 1 is 0.197 bits per heavy atom. The molecule has 356 valence electrons. The van der Waals surface area contributed by atoms with Crippen LogP contribution in [0.2, 0.25) is 0 Å². The van der Waals surface area contributed by atoms with E-state index in [9.17, 15) is 0 Å². The maximum absolute atomic E-state index is 2.62. The van der Waals surface area contributed by atoms with Gasteiger partial charge in [0.25, 0.3) is 0 Å². The lowest BCUT2D eigenvalue weighted by Crippen LogP contribution is -2.29. The van der Waals surface area contributed by atoms with E-state index in [-0.39, 0.29) is 0 Å². The first kappa shape index (κ1) is 44.0. The molecule has 3 aliphatic carbocycles. The smallest absolute Gasteiger partial charge is 0.0714 e. The summed E-state index contributed by atoms with van der Waals surface area (Å²) >= 11 is 0. The zero-order chi connectivity index (χ0) is 50.3. The minimum Gasteiger partial charge on any atom is -0.309 e. The summed E-state index contributed by atoms with van der Waals surface area (Å²) in [6, 6.07) is 116. The molecule has 0 fully saturated rings. The second-order valence-electron chi connectivity index (χ2n) is 20.5. The van der Waals surface area contributed by atoms with Gasteiger partial charge in [-0.3, -0.25) is 0 Å². The number of rotatable bonds is 9. The molecule has 0 N–H and O–H groups in total. The lowest BCUT2D eigenvalue weighted by atomic mass is 9.67. The van der Waals surface area contributed by atoms with Crippen LogP contribution in [0.1, 0.15) is 66.8 Å². The molecule has 0 heterocycles. The Bertz CT molecular complexity index is 3850. The predicted octanol–water partition coefficient (Wildman–Crippen LogP) is 18.2. The molecule has 12 aromatic carbocycles. The van der Waals surface area contributed by atoms with E-state index in [1.807, 2.05) is 0 Å². The Labute approximate surface area is 445 Å². The number of hydrogen-bond acceptors (Lipinski definition) is 1. The van der Waals surface area contributed by atoms with Crippen LogP contribution in [0.5, 0.6) is 0 Å². The Morgan fingerprint density at radius 3 is 0.842 bits per heavy atom. The SMILES string of the molecule is c1ccc(C2(c3ccccc3)c3ccccc3-c3cc(N(c4cccc5c4-c4ccccc4C5(c4ccccc4)c4ccccc4)c4cccc5c4-c4ccccc4C5(c4ccccc4)c4ccccc4)ccc32)cc1. The highest BCUT2D eigenvalue weighted by Crippen LogP contribution is 2.64. The Morgan fingerprint density at radius 2 is 0.474 bits per heavy atom. The summed E-state index contributed by atoms with van der Waals surface area (Å²) in [6.45, 7) is 0. The molecule has 1 heteroatoms. The fourth-order valence-electron chi connectivity index (χ4n) is 14.3. The van der Waals surface area contributed by atoms with Gasteiger partial charge in [0.1, 0.15) is 0 Å². The fraction of sp³-hybridized carbons (Fsp3) is 0.0400. The minimum absolute atomic E-state index is 0.534. The van der Waals surface area contributed by atoms with Crippen molar-refractivity contribution < 1.29 is 0 Å². The van der Waals surface area contributed by atoms with Crippen LogP contribution >= 0.6 is 0 Å². The minimum atomic E-state index is -0.584. The molecule has 0 aromatic heterocycles. The first-order valence-electron chi connectivity index (χ1n) is 26.6. The van der Waals surface area contributed by atoms with E-state index >= 15 is 0 Å². The van der Waals surface area contributed by atoms with Gasteiger partial charge in [0.05, 0.1) is 27.6 Å². The highest BCUT2D eigenvalue weighted by molar-refractivity contribution is 6.03. The summed E-state index contributed by atoms with van der Waals surface area (Å²) in [6.07, 6.45) is 0. The van der Waals surface area contributed by atoms with Crippen molar-refractivity contribution in [1.82, 2.24) is 0 Å². The van der Waals surface area contributed by atoms with Crippen LogP contribution in [0.25, 0.3) is 33.4 Å². The van der Waals surface area contributed by atoms with Gasteiger partial charge in [0.2, 0.25) is 0 Å². The van der Waals surface area contributed by atoms with Crippen molar-refractivity contribution in [3.8, 4) is 33.4 Å². The van der Waals surface area contributed by atoms with E-state index in [4.69, 9.17) is 0 Å². The van der Waals surface area contributed by atoms with Gasteiger partial charge in [-0.25, -0.2) is 0 Å². The van der Waals surface area contributed by atoms with Crippen LogP contribution < -0.4 is 4.90 Å². The molecule has 0 aliphatic heterocycles. The van der Waals surface area contributed by atoms with Crippen LogP contribution in [0.4, 0.5) is 17.1 Å². The monoisotopic (exact) mass is 965 g/mol. The molecule has 0 spiro atoms. The van der Waals surface area contributed by atoms with Crippen molar-refractivity contribution in [1.29, 1.82) is 0 Å². The van der Waals surface area contributed by atoms with E-state index in [1.54, 1.807) is 0 Å². The van der Waals surface area contributed by atoms with Gasteiger partial charge in [0, 0.05) is 16.8 Å². The molecule has 15 rings (SSSR count). The molecular formula is C75H51N. The van der Waals surface area contributed by atoms with Crippen molar-refractivity contribution in [2.24, 2.45) is 0 Å². The molecule has 0 bridgehead atoms. The first-order valence-corrected chi connectivity index (χ1v) is 26.6. The average Bonchev–Trinajstić information content (AvgIpc) is 4.18. The molecular weight excluding hydrogens is 915 g/mol. The average molecular weight is 966 g/mol. The van der Waals surface area contributed by atoms with Crippen LogP contribution in [-0.4, -0.2) is 0 Å². The zero-order valence-electron chi connectivity index (χ0n) is 41.9. The van der Waals surface area contributed by atoms with Crippen LogP contribution in [0.15, 0.2) is 309 Å². The van der Waals surface area contributed by atoms with Crippen molar-refractivity contribution in [3.63, 3.8) is 0 Å². The molecule has 0 unspecified atom stereocenters. The van der Waals surface area contributed by atoms with Gasteiger partial charge in [-0.05, 0) is 113 Å². The highest BCUT2D eigenvalue weighted by atomic mass is 15.1. The number of nitrogens with zero attached hydrogens (tertiary/aromatic N) is 1. The number of hydrogen-bond donors (Lipinski definition) is 0. The summed E-state index contributed by atoms with van der Waals surface area (Å²) in [5.74, 6) is 0. The van der Waals surface area contributed by atoms with Gasteiger partial charge < -0.3 is 4.90 Å². The van der Waals surface area contributed by atoms with Crippen molar-refractivity contribution in [2.75, 3.05) is 4.90 Å². The van der Waals surface area contributed by atoms with E-state index in [1.165, 1.54) is 100 Å². The quantitative estimate of drug-likeness (QED) is 0.139. The largest absolute Gasteiger partial charge is 0.309 e. The van der Waals surface area contributed by atoms with Gasteiger partial charge in [0.15, 0.2) is 0 Å². The lowest BCUT2D eigenvalue weighted by molar-refractivity contribution is 0.767. The predicted molar refractivity (Wildman–Crippen MR) is 313 cm³/mol. The van der Waals surface area contributed by atoms with Crippen molar-refractivity contribution in [2.45, 2.75) is 16.2 Å². The van der Waals surface area contributed by atoms with Gasteiger partial charge in [-0.2, -0.15) is 0 Å². The summed E-state index contributed by atoms with van der Waals surface area (Å²) in [5, 5.41) is 0. The molecule has 0 saturated carbocycles. The number of benzene rings is 12. The summed E-state index contributed by atoms with van der Waals surface area (Å²) in [7, 11) is 0. The third kappa shape index (κ3) is 5.97. The van der Waals surface area contributed by atoms with E-state index in [2.05, 4.69) is 314 Å². The topological polar surface area (TPSA) is 3.24 Å².